The van der Waals surface area contributed by atoms with Gasteiger partial charge in [-0.15, -0.1) is 0 Å². The van der Waals surface area contributed by atoms with Gasteiger partial charge in [0.25, 0.3) is 0 Å². The maximum atomic E-state index is 8.68. The number of ether oxygens (including phenoxy) is 2. The van der Waals surface area contributed by atoms with E-state index in [2.05, 4.69) is 6.07 Å². The Kier molecular flexibility index (Phi) is 1.64. The fraction of sp³-hybridized carbons (Fsp3) is 0.889. The highest BCUT2D eigenvalue weighted by Crippen LogP contribution is 2.47. The summed E-state index contributed by atoms with van der Waals surface area (Å²) in [6.45, 7) is 4.07. The molecule has 12 heavy (non-hydrogen) atoms. The van der Waals surface area contributed by atoms with E-state index in [4.69, 9.17) is 14.7 Å². The van der Waals surface area contributed by atoms with Crippen LogP contribution in [0.1, 0.15) is 26.7 Å². The highest BCUT2D eigenvalue weighted by molar-refractivity contribution is 5.16. The SMILES string of the molecule is CC1CC2(CC(C)O1)OC2C#N. The van der Waals surface area contributed by atoms with E-state index in [1.165, 1.54) is 0 Å². The molecular formula is C9H13NO2. The van der Waals surface area contributed by atoms with Crippen molar-refractivity contribution in [3.63, 3.8) is 0 Å². The van der Waals surface area contributed by atoms with Crippen LogP contribution in [0, 0.1) is 11.3 Å². The standard InChI is InChI=1S/C9H13NO2/c1-6-3-9(4-7(2)11-6)8(5-10)12-9/h6-8H,3-4H2,1-2H3. The van der Waals surface area contributed by atoms with Crippen molar-refractivity contribution in [3.8, 4) is 6.07 Å². The van der Waals surface area contributed by atoms with Gasteiger partial charge >= 0.3 is 0 Å². The van der Waals surface area contributed by atoms with Crippen molar-refractivity contribution in [1.82, 2.24) is 0 Å². The summed E-state index contributed by atoms with van der Waals surface area (Å²) >= 11 is 0. The Morgan fingerprint density at radius 3 is 2.33 bits per heavy atom. The van der Waals surface area contributed by atoms with Crippen molar-refractivity contribution in [1.29, 1.82) is 5.26 Å². The molecule has 0 radical (unpaired) electrons. The zero-order valence-corrected chi connectivity index (χ0v) is 7.41. The minimum absolute atomic E-state index is 0.147. The largest absolute Gasteiger partial charge is 0.375 e. The molecule has 0 aromatic rings. The van der Waals surface area contributed by atoms with Crippen LogP contribution in [0.15, 0.2) is 0 Å². The topological polar surface area (TPSA) is 45.5 Å². The van der Waals surface area contributed by atoms with E-state index in [0.717, 1.165) is 12.8 Å². The van der Waals surface area contributed by atoms with Crippen LogP contribution < -0.4 is 0 Å². The molecule has 3 heteroatoms. The Balaban J connectivity index is 2.05. The maximum Gasteiger partial charge on any atom is 0.173 e. The molecule has 3 atom stereocenters. The van der Waals surface area contributed by atoms with Crippen LogP contribution in [0.4, 0.5) is 0 Å². The molecule has 2 saturated heterocycles. The molecule has 2 fully saturated rings. The van der Waals surface area contributed by atoms with E-state index in [-0.39, 0.29) is 23.9 Å². The van der Waals surface area contributed by atoms with E-state index in [0.29, 0.717) is 0 Å². The van der Waals surface area contributed by atoms with Crippen molar-refractivity contribution in [2.75, 3.05) is 0 Å². The second-order valence-electron chi connectivity index (χ2n) is 3.86. The van der Waals surface area contributed by atoms with E-state index in [1.807, 2.05) is 13.8 Å². The lowest BCUT2D eigenvalue weighted by Gasteiger charge is -2.29. The minimum atomic E-state index is -0.175. The first-order valence-electron chi connectivity index (χ1n) is 4.39. The Hall–Kier alpha value is -0.590. The molecule has 0 aromatic carbocycles. The molecule has 3 nitrogen and oxygen atoms in total. The monoisotopic (exact) mass is 167 g/mol. The summed E-state index contributed by atoms with van der Waals surface area (Å²) in [4.78, 5) is 0. The van der Waals surface area contributed by atoms with Gasteiger partial charge in [0.2, 0.25) is 0 Å². The van der Waals surface area contributed by atoms with Crippen LogP contribution in [0.5, 0.6) is 0 Å². The van der Waals surface area contributed by atoms with Gasteiger partial charge in [0.15, 0.2) is 6.10 Å². The first kappa shape index (κ1) is 8.03. The molecule has 2 aliphatic rings. The van der Waals surface area contributed by atoms with E-state index in [1.54, 1.807) is 0 Å². The molecule has 2 aliphatic heterocycles. The third-order valence-electron chi connectivity index (χ3n) is 2.62. The molecule has 0 aromatic heterocycles. The predicted molar refractivity (Wildman–Crippen MR) is 42.5 cm³/mol. The lowest BCUT2D eigenvalue weighted by molar-refractivity contribution is -0.0603. The zero-order valence-electron chi connectivity index (χ0n) is 7.41. The van der Waals surface area contributed by atoms with E-state index in [9.17, 15) is 0 Å². The smallest absolute Gasteiger partial charge is 0.173 e. The summed E-state index contributed by atoms with van der Waals surface area (Å²) in [5, 5.41) is 8.68. The van der Waals surface area contributed by atoms with Crippen LogP contribution in [0.2, 0.25) is 0 Å². The van der Waals surface area contributed by atoms with Gasteiger partial charge < -0.3 is 9.47 Å². The normalized spacial score (nSPS) is 51.9. The summed E-state index contributed by atoms with van der Waals surface area (Å²) in [5.74, 6) is 0. The summed E-state index contributed by atoms with van der Waals surface area (Å²) in [5.41, 5.74) is -0.147. The van der Waals surface area contributed by atoms with Crippen LogP contribution in [-0.2, 0) is 9.47 Å². The van der Waals surface area contributed by atoms with Crippen molar-refractivity contribution in [2.45, 2.75) is 50.6 Å². The van der Waals surface area contributed by atoms with Gasteiger partial charge in [0.1, 0.15) is 5.60 Å². The quantitative estimate of drug-likeness (QED) is 0.510. The number of nitrogens with zero attached hydrogens (tertiary/aromatic N) is 1. The first-order chi connectivity index (χ1) is 5.66. The highest BCUT2D eigenvalue weighted by atomic mass is 16.6. The zero-order chi connectivity index (χ0) is 8.77. The fourth-order valence-corrected chi connectivity index (χ4v) is 2.20. The maximum absolute atomic E-state index is 8.68. The average Bonchev–Trinajstić information content (AvgIpc) is 2.59. The van der Waals surface area contributed by atoms with Crippen molar-refractivity contribution in [2.24, 2.45) is 0 Å². The molecule has 66 valence electrons. The molecule has 0 amide bonds. The van der Waals surface area contributed by atoms with Gasteiger partial charge in [0.05, 0.1) is 18.3 Å². The van der Waals surface area contributed by atoms with Gasteiger partial charge in [0, 0.05) is 12.8 Å². The van der Waals surface area contributed by atoms with Gasteiger partial charge in [-0.25, -0.2) is 0 Å². The van der Waals surface area contributed by atoms with E-state index >= 15 is 0 Å². The second-order valence-corrected chi connectivity index (χ2v) is 3.86. The molecule has 0 aliphatic carbocycles. The third kappa shape index (κ3) is 1.12. The number of hydrogen-bond acceptors (Lipinski definition) is 3. The Labute approximate surface area is 72.3 Å². The molecule has 0 bridgehead atoms. The highest BCUT2D eigenvalue weighted by Gasteiger charge is 2.59. The average molecular weight is 167 g/mol. The lowest BCUT2D eigenvalue weighted by atomic mass is 9.90. The molecular weight excluding hydrogens is 154 g/mol. The summed E-state index contributed by atoms with van der Waals surface area (Å²) in [6, 6.07) is 2.16. The number of epoxide rings is 1. The molecule has 2 heterocycles. The van der Waals surface area contributed by atoms with Crippen molar-refractivity contribution >= 4 is 0 Å². The van der Waals surface area contributed by atoms with Gasteiger partial charge in [-0.05, 0) is 13.8 Å². The van der Waals surface area contributed by atoms with Crippen molar-refractivity contribution < 1.29 is 9.47 Å². The fourth-order valence-electron chi connectivity index (χ4n) is 2.20. The molecule has 2 rings (SSSR count). The molecule has 1 spiro atoms. The summed E-state index contributed by atoms with van der Waals surface area (Å²) in [7, 11) is 0. The predicted octanol–water partition coefficient (Wildman–Crippen LogP) is 1.23. The Morgan fingerprint density at radius 2 is 1.92 bits per heavy atom. The van der Waals surface area contributed by atoms with Gasteiger partial charge in [-0.1, -0.05) is 0 Å². The summed E-state index contributed by atoms with van der Waals surface area (Å²) < 4.78 is 11.0. The van der Waals surface area contributed by atoms with Gasteiger partial charge in [-0.2, -0.15) is 5.26 Å². The number of hydrogen-bond donors (Lipinski definition) is 0. The minimum Gasteiger partial charge on any atom is -0.375 e. The third-order valence-corrected chi connectivity index (χ3v) is 2.62. The van der Waals surface area contributed by atoms with Crippen LogP contribution >= 0.6 is 0 Å². The molecule has 0 saturated carbocycles. The number of rotatable bonds is 0. The summed E-state index contributed by atoms with van der Waals surface area (Å²) in [6.07, 6.45) is 2.02. The second kappa shape index (κ2) is 2.45. The Morgan fingerprint density at radius 1 is 1.33 bits per heavy atom. The van der Waals surface area contributed by atoms with Gasteiger partial charge in [-0.3, -0.25) is 0 Å². The van der Waals surface area contributed by atoms with Crippen molar-refractivity contribution in [3.05, 3.63) is 0 Å². The number of nitriles is 1. The van der Waals surface area contributed by atoms with Crippen LogP contribution in [-0.4, -0.2) is 23.9 Å². The van der Waals surface area contributed by atoms with E-state index < -0.39 is 0 Å². The van der Waals surface area contributed by atoms with Crippen LogP contribution in [0.3, 0.4) is 0 Å². The molecule has 3 unspecified atom stereocenters. The lowest BCUT2D eigenvalue weighted by Crippen LogP contribution is -2.36. The molecule has 0 N–H and O–H groups in total. The Bertz CT molecular complexity index is 223. The van der Waals surface area contributed by atoms with Crippen LogP contribution in [0.25, 0.3) is 0 Å². The first-order valence-corrected chi connectivity index (χ1v) is 4.39.